The van der Waals surface area contributed by atoms with E-state index in [-0.39, 0.29) is 0 Å². The molecule has 2 N–H and O–H groups in total. The van der Waals surface area contributed by atoms with Gasteiger partial charge in [-0.2, -0.15) is 14.9 Å². The van der Waals surface area contributed by atoms with E-state index < -0.39 is 0 Å². The number of H-pyrrole nitrogens is 1. The maximum atomic E-state index is 9.86. The van der Waals surface area contributed by atoms with Crippen molar-refractivity contribution in [3.63, 3.8) is 0 Å². The number of nitrogens with zero attached hydrogens (tertiary/aromatic N) is 3. The van der Waals surface area contributed by atoms with Gasteiger partial charge in [-0.25, -0.2) is 5.10 Å². The van der Waals surface area contributed by atoms with E-state index in [1.807, 2.05) is 57.2 Å². The standard InChI is InChI=1S/C18H18N4OS/c1-11-4-6-15(7-5-11)17-20-21-18(24)22(17)19-10-14-8-12(2)16(23)13(3)9-14/h4-10,23H,1-3H3,(H,21,24)/b19-10+. The normalized spacial score (nSPS) is 11.3. The molecule has 0 aliphatic rings. The molecule has 122 valence electrons. The number of aryl methyl sites for hydroxylation is 3. The molecule has 0 spiro atoms. The Hall–Kier alpha value is -2.73. The summed E-state index contributed by atoms with van der Waals surface area (Å²) in [6.45, 7) is 5.76. The molecule has 0 amide bonds. The van der Waals surface area contributed by atoms with E-state index in [1.54, 1.807) is 10.9 Å². The second-order valence-corrected chi connectivity index (χ2v) is 6.16. The number of benzene rings is 2. The first-order valence-corrected chi connectivity index (χ1v) is 7.95. The summed E-state index contributed by atoms with van der Waals surface area (Å²) in [5.41, 5.74) is 4.62. The van der Waals surface area contributed by atoms with Gasteiger partial charge in [0.25, 0.3) is 0 Å². The molecule has 0 aliphatic carbocycles. The van der Waals surface area contributed by atoms with E-state index in [9.17, 15) is 5.11 Å². The molecule has 3 aromatic rings. The van der Waals surface area contributed by atoms with Gasteiger partial charge in [-0.05, 0) is 61.8 Å². The predicted octanol–water partition coefficient (Wildman–Crippen LogP) is 4.12. The lowest BCUT2D eigenvalue weighted by atomic mass is 10.1. The summed E-state index contributed by atoms with van der Waals surface area (Å²) in [5.74, 6) is 0.968. The first-order valence-electron chi connectivity index (χ1n) is 7.55. The zero-order valence-corrected chi connectivity index (χ0v) is 14.6. The van der Waals surface area contributed by atoms with Crippen LogP contribution in [0.2, 0.25) is 0 Å². The number of aromatic hydroxyl groups is 1. The van der Waals surface area contributed by atoms with Crippen LogP contribution in [-0.4, -0.2) is 26.2 Å². The van der Waals surface area contributed by atoms with Crippen LogP contribution in [0.3, 0.4) is 0 Å². The van der Waals surface area contributed by atoms with Crippen LogP contribution in [0, 0.1) is 25.5 Å². The van der Waals surface area contributed by atoms with E-state index in [0.717, 1.165) is 22.3 Å². The molecule has 1 heterocycles. The largest absolute Gasteiger partial charge is 0.507 e. The van der Waals surface area contributed by atoms with Crippen molar-refractivity contribution in [1.82, 2.24) is 14.9 Å². The fraction of sp³-hybridized carbons (Fsp3) is 0.167. The van der Waals surface area contributed by atoms with Crippen molar-refractivity contribution in [2.24, 2.45) is 5.10 Å². The summed E-state index contributed by atoms with van der Waals surface area (Å²) in [6.07, 6.45) is 1.71. The molecule has 5 nitrogen and oxygen atoms in total. The monoisotopic (exact) mass is 338 g/mol. The molecule has 0 radical (unpaired) electrons. The fourth-order valence-corrected chi connectivity index (χ4v) is 2.66. The zero-order chi connectivity index (χ0) is 17.3. The smallest absolute Gasteiger partial charge is 0.216 e. The molecule has 6 heteroatoms. The molecule has 0 atom stereocenters. The Morgan fingerprint density at radius 3 is 2.38 bits per heavy atom. The van der Waals surface area contributed by atoms with Gasteiger partial charge in [0.15, 0.2) is 5.82 Å². The quantitative estimate of drug-likeness (QED) is 0.557. The first kappa shape index (κ1) is 16.1. The average Bonchev–Trinajstić information content (AvgIpc) is 2.92. The van der Waals surface area contributed by atoms with Crippen LogP contribution < -0.4 is 0 Å². The minimum Gasteiger partial charge on any atom is -0.507 e. The number of phenolic OH excluding ortho intramolecular Hbond substituents is 1. The van der Waals surface area contributed by atoms with Gasteiger partial charge >= 0.3 is 0 Å². The highest BCUT2D eigenvalue weighted by Gasteiger charge is 2.08. The van der Waals surface area contributed by atoms with Crippen LogP contribution in [0.4, 0.5) is 0 Å². The topological polar surface area (TPSA) is 66.2 Å². The van der Waals surface area contributed by atoms with Gasteiger partial charge in [0.2, 0.25) is 4.77 Å². The van der Waals surface area contributed by atoms with E-state index in [1.165, 1.54) is 5.56 Å². The van der Waals surface area contributed by atoms with Crippen molar-refractivity contribution < 1.29 is 5.11 Å². The Morgan fingerprint density at radius 2 is 1.75 bits per heavy atom. The maximum Gasteiger partial charge on any atom is 0.216 e. The molecule has 3 rings (SSSR count). The second-order valence-electron chi connectivity index (χ2n) is 5.78. The lowest BCUT2D eigenvalue weighted by Gasteiger charge is -2.05. The number of aromatic nitrogens is 3. The molecular formula is C18H18N4OS. The van der Waals surface area contributed by atoms with Crippen molar-refractivity contribution in [2.75, 3.05) is 0 Å². The molecule has 0 fully saturated rings. The molecular weight excluding hydrogens is 320 g/mol. The lowest BCUT2D eigenvalue weighted by Crippen LogP contribution is -1.96. The molecule has 1 aromatic heterocycles. The van der Waals surface area contributed by atoms with Crippen LogP contribution in [0.5, 0.6) is 5.75 Å². The van der Waals surface area contributed by atoms with Gasteiger partial charge in [-0.15, -0.1) is 0 Å². The Morgan fingerprint density at radius 1 is 1.12 bits per heavy atom. The first-order chi connectivity index (χ1) is 11.5. The zero-order valence-electron chi connectivity index (χ0n) is 13.7. The number of nitrogens with one attached hydrogen (secondary N) is 1. The summed E-state index contributed by atoms with van der Waals surface area (Å²) in [4.78, 5) is 0. The number of hydrogen-bond acceptors (Lipinski definition) is 4. The van der Waals surface area contributed by atoms with Gasteiger partial charge in [-0.3, -0.25) is 0 Å². The van der Waals surface area contributed by atoms with E-state index in [0.29, 0.717) is 16.3 Å². The summed E-state index contributed by atoms with van der Waals surface area (Å²) in [6, 6.07) is 11.8. The Kier molecular flexibility index (Phi) is 4.31. The number of rotatable bonds is 3. The fourth-order valence-electron chi connectivity index (χ4n) is 2.48. The third-order valence-corrected chi connectivity index (χ3v) is 4.06. The number of hydrogen-bond donors (Lipinski definition) is 2. The lowest BCUT2D eigenvalue weighted by molar-refractivity contribution is 0.467. The maximum absolute atomic E-state index is 9.86. The van der Waals surface area contributed by atoms with Crippen molar-refractivity contribution in [3.05, 3.63) is 63.4 Å². The molecule has 0 aliphatic heterocycles. The van der Waals surface area contributed by atoms with Crippen LogP contribution in [0.1, 0.15) is 22.3 Å². The van der Waals surface area contributed by atoms with Gasteiger partial charge in [0, 0.05) is 5.56 Å². The van der Waals surface area contributed by atoms with Crippen molar-refractivity contribution in [2.45, 2.75) is 20.8 Å². The second kappa shape index (κ2) is 6.41. The third kappa shape index (κ3) is 3.14. The van der Waals surface area contributed by atoms with Crippen molar-refractivity contribution in [1.29, 1.82) is 0 Å². The average molecular weight is 338 g/mol. The summed E-state index contributed by atoms with van der Waals surface area (Å²) < 4.78 is 2.02. The van der Waals surface area contributed by atoms with Crippen LogP contribution in [0.25, 0.3) is 11.4 Å². The summed E-state index contributed by atoms with van der Waals surface area (Å²) in [5, 5.41) is 21.4. The minimum atomic E-state index is 0.312. The molecule has 0 saturated carbocycles. The van der Waals surface area contributed by atoms with Crippen LogP contribution in [0.15, 0.2) is 41.5 Å². The minimum absolute atomic E-state index is 0.312. The summed E-state index contributed by atoms with van der Waals surface area (Å²) >= 11 is 5.28. The molecule has 0 unspecified atom stereocenters. The Labute approximate surface area is 145 Å². The van der Waals surface area contributed by atoms with Gasteiger partial charge in [0.1, 0.15) is 5.75 Å². The molecule has 0 saturated heterocycles. The Bertz CT molecular complexity index is 944. The summed E-state index contributed by atoms with van der Waals surface area (Å²) in [7, 11) is 0. The van der Waals surface area contributed by atoms with Crippen LogP contribution >= 0.6 is 12.2 Å². The van der Waals surface area contributed by atoms with Crippen molar-refractivity contribution in [3.8, 4) is 17.1 Å². The highest BCUT2D eigenvalue weighted by Crippen LogP contribution is 2.22. The van der Waals surface area contributed by atoms with E-state index in [2.05, 4.69) is 15.3 Å². The van der Waals surface area contributed by atoms with Gasteiger partial charge < -0.3 is 5.11 Å². The molecule has 0 bridgehead atoms. The van der Waals surface area contributed by atoms with E-state index >= 15 is 0 Å². The van der Waals surface area contributed by atoms with Crippen molar-refractivity contribution >= 4 is 18.4 Å². The number of aromatic amines is 1. The van der Waals surface area contributed by atoms with E-state index in [4.69, 9.17) is 12.2 Å². The number of phenols is 1. The Balaban J connectivity index is 2.00. The molecule has 24 heavy (non-hydrogen) atoms. The highest BCUT2D eigenvalue weighted by molar-refractivity contribution is 7.71. The molecule has 2 aromatic carbocycles. The van der Waals surface area contributed by atoms with Crippen LogP contribution in [-0.2, 0) is 0 Å². The van der Waals surface area contributed by atoms with Gasteiger partial charge in [0.05, 0.1) is 6.21 Å². The SMILES string of the molecule is Cc1ccc(-c2n[nH]c(=S)n2/N=C/c2cc(C)c(O)c(C)c2)cc1. The predicted molar refractivity (Wildman–Crippen MR) is 98.2 cm³/mol. The van der Waals surface area contributed by atoms with Gasteiger partial charge in [-0.1, -0.05) is 29.8 Å². The highest BCUT2D eigenvalue weighted by atomic mass is 32.1. The third-order valence-electron chi connectivity index (χ3n) is 3.80.